The molecule has 136 valence electrons. The summed E-state index contributed by atoms with van der Waals surface area (Å²) >= 11 is 6.14. The minimum absolute atomic E-state index is 0.180. The molecule has 1 atom stereocenters. The second-order valence-electron chi connectivity index (χ2n) is 5.80. The van der Waals surface area contributed by atoms with Crippen molar-refractivity contribution in [1.82, 2.24) is 0 Å². The van der Waals surface area contributed by atoms with Crippen LogP contribution in [0.15, 0.2) is 36.4 Å². The van der Waals surface area contributed by atoms with Crippen LogP contribution in [-0.2, 0) is 9.59 Å². The lowest BCUT2D eigenvalue weighted by atomic mass is 10.2. The summed E-state index contributed by atoms with van der Waals surface area (Å²) in [5, 5.41) is 8.90. The molecule has 0 bridgehead atoms. The molecule has 3 rings (SSSR count). The van der Waals surface area contributed by atoms with E-state index in [0.717, 1.165) is 0 Å². The number of hydrogen-bond donors (Lipinski definition) is 3. The lowest BCUT2D eigenvalue weighted by Gasteiger charge is -2.16. The van der Waals surface area contributed by atoms with Gasteiger partial charge in [-0.3, -0.25) is 9.59 Å². The molecule has 0 aliphatic carbocycles. The number of carbonyl (C=O) groups excluding carboxylic acids is 2. The van der Waals surface area contributed by atoms with Crippen molar-refractivity contribution in [1.29, 1.82) is 0 Å². The van der Waals surface area contributed by atoms with E-state index >= 15 is 0 Å². The van der Waals surface area contributed by atoms with E-state index in [1.165, 1.54) is 6.92 Å². The lowest BCUT2D eigenvalue weighted by molar-refractivity contribution is -0.116. The monoisotopic (exact) mass is 375 g/mol. The van der Waals surface area contributed by atoms with Gasteiger partial charge < -0.3 is 25.4 Å². The van der Waals surface area contributed by atoms with Crippen LogP contribution in [0, 0.1) is 0 Å². The highest BCUT2D eigenvalue weighted by molar-refractivity contribution is 6.34. The first kappa shape index (κ1) is 17.9. The van der Waals surface area contributed by atoms with Crippen LogP contribution in [0.5, 0.6) is 11.5 Å². The maximum atomic E-state index is 12.4. The Bertz CT molecular complexity index is 856. The maximum absolute atomic E-state index is 12.4. The van der Waals surface area contributed by atoms with Gasteiger partial charge in [0.2, 0.25) is 18.6 Å². The van der Waals surface area contributed by atoms with Crippen molar-refractivity contribution in [3.05, 3.63) is 41.4 Å². The van der Waals surface area contributed by atoms with Gasteiger partial charge in [0.15, 0.2) is 11.5 Å². The van der Waals surface area contributed by atoms with Gasteiger partial charge in [-0.05, 0) is 37.3 Å². The molecule has 0 spiro atoms. The van der Waals surface area contributed by atoms with Gasteiger partial charge in [0.25, 0.3) is 0 Å². The van der Waals surface area contributed by atoms with E-state index in [1.807, 2.05) is 0 Å². The van der Waals surface area contributed by atoms with E-state index in [1.54, 1.807) is 43.3 Å². The summed E-state index contributed by atoms with van der Waals surface area (Å²) in [6, 6.07) is 9.76. The molecular weight excluding hydrogens is 358 g/mol. The first-order valence-electron chi connectivity index (χ1n) is 7.96. The van der Waals surface area contributed by atoms with Crippen molar-refractivity contribution in [2.24, 2.45) is 0 Å². The number of ether oxygens (including phenoxy) is 2. The molecule has 8 heteroatoms. The zero-order valence-corrected chi connectivity index (χ0v) is 15.0. The van der Waals surface area contributed by atoms with E-state index < -0.39 is 6.04 Å². The predicted molar refractivity (Wildman–Crippen MR) is 100 cm³/mol. The van der Waals surface area contributed by atoms with Crippen LogP contribution in [0.3, 0.4) is 0 Å². The zero-order chi connectivity index (χ0) is 18.7. The Morgan fingerprint density at radius 1 is 1.04 bits per heavy atom. The first-order valence-corrected chi connectivity index (χ1v) is 8.34. The van der Waals surface area contributed by atoms with E-state index in [-0.39, 0.29) is 18.6 Å². The standard InChI is InChI=1S/C18H18ClN3O4/c1-10(20-12-3-5-15(14(19)7-12)21-11(2)23)18(24)22-13-4-6-16-17(8-13)26-9-25-16/h3-8,10,20H,9H2,1-2H3,(H,21,23)(H,22,24)/t10-/m1/s1. The SMILES string of the molecule is CC(=O)Nc1ccc(N[C@H](C)C(=O)Nc2ccc3c(c2)OCO3)cc1Cl. The van der Waals surface area contributed by atoms with E-state index in [4.69, 9.17) is 21.1 Å². The number of hydrogen-bond acceptors (Lipinski definition) is 5. The average Bonchev–Trinajstić information content (AvgIpc) is 3.04. The first-order chi connectivity index (χ1) is 12.4. The van der Waals surface area contributed by atoms with Gasteiger partial charge in [0.1, 0.15) is 6.04 Å². The summed E-state index contributed by atoms with van der Waals surface area (Å²) in [5.74, 6) is 0.835. The summed E-state index contributed by atoms with van der Waals surface area (Å²) in [6.45, 7) is 3.32. The molecule has 1 heterocycles. The second-order valence-corrected chi connectivity index (χ2v) is 6.21. The number of fused-ring (bicyclic) bond motifs is 1. The Kier molecular flexibility index (Phi) is 5.18. The molecule has 7 nitrogen and oxygen atoms in total. The van der Waals surface area contributed by atoms with Crippen molar-refractivity contribution in [2.75, 3.05) is 22.7 Å². The Hall–Kier alpha value is -2.93. The number of nitrogens with one attached hydrogen (secondary N) is 3. The number of rotatable bonds is 5. The minimum Gasteiger partial charge on any atom is -0.454 e. The molecule has 1 aliphatic heterocycles. The van der Waals surface area contributed by atoms with Crippen LogP contribution in [0.1, 0.15) is 13.8 Å². The van der Waals surface area contributed by atoms with Crippen LogP contribution in [0.4, 0.5) is 17.1 Å². The van der Waals surface area contributed by atoms with E-state index in [2.05, 4.69) is 16.0 Å². The smallest absolute Gasteiger partial charge is 0.246 e. The quantitative estimate of drug-likeness (QED) is 0.744. The van der Waals surface area contributed by atoms with Gasteiger partial charge in [-0.15, -0.1) is 0 Å². The van der Waals surface area contributed by atoms with Crippen molar-refractivity contribution < 1.29 is 19.1 Å². The zero-order valence-electron chi connectivity index (χ0n) is 14.3. The van der Waals surface area contributed by atoms with Gasteiger partial charge >= 0.3 is 0 Å². The normalized spacial score (nSPS) is 13.0. The molecule has 3 N–H and O–H groups in total. The topological polar surface area (TPSA) is 88.7 Å². The maximum Gasteiger partial charge on any atom is 0.246 e. The van der Waals surface area contributed by atoms with E-state index in [0.29, 0.717) is 33.6 Å². The fourth-order valence-corrected chi connectivity index (χ4v) is 2.66. The summed E-state index contributed by atoms with van der Waals surface area (Å²) in [7, 11) is 0. The van der Waals surface area contributed by atoms with Gasteiger partial charge in [0, 0.05) is 24.4 Å². The molecule has 0 unspecified atom stereocenters. The molecule has 0 saturated carbocycles. The Labute approximate surface area is 155 Å². The lowest BCUT2D eigenvalue weighted by Crippen LogP contribution is -2.31. The van der Waals surface area contributed by atoms with E-state index in [9.17, 15) is 9.59 Å². The molecule has 0 fully saturated rings. The molecule has 0 radical (unpaired) electrons. The molecule has 0 aromatic heterocycles. The third kappa shape index (κ3) is 4.18. The Morgan fingerprint density at radius 3 is 2.50 bits per heavy atom. The largest absolute Gasteiger partial charge is 0.454 e. The van der Waals surface area contributed by atoms with Crippen LogP contribution >= 0.6 is 11.6 Å². The third-order valence-electron chi connectivity index (χ3n) is 3.70. The number of anilines is 3. The number of halogens is 1. The highest BCUT2D eigenvalue weighted by Crippen LogP contribution is 2.34. The van der Waals surface area contributed by atoms with Crippen molar-refractivity contribution >= 4 is 40.5 Å². The molecule has 2 amide bonds. The van der Waals surface area contributed by atoms with Crippen LogP contribution in [0.2, 0.25) is 5.02 Å². The highest BCUT2D eigenvalue weighted by Gasteiger charge is 2.17. The third-order valence-corrected chi connectivity index (χ3v) is 4.01. The Balaban J connectivity index is 1.62. The van der Waals surface area contributed by atoms with Gasteiger partial charge in [-0.25, -0.2) is 0 Å². The van der Waals surface area contributed by atoms with Gasteiger partial charge in [-0.2, -0.15) is 0 Å². The number of carbonyl (C=O) groups is 2. The van der Waals surface area contributed by atoms with Crippen molar-refractivity contribution in [3.63, 3.8) is 0 Å². The minimum atomic E-state index is -0.511. The fraction of sp³-hybridized carbons (Fsp3) is 0.222. The molecule has 1 aliphatic rings. The van der Waals surface area contributed by atoms with Crippen molar-refractivity contribution in [2.45, 2.75) is 19.9 Å². The van der Waals surface area contributed by atoms with Gasteiger partial charge in [0.05, 0.1) is 10.7 Å². The number of amides is 2. The van der Waals surface area contributed by atoms with Crippen molar-refractivity contribution in [3.8, 4) is 11.5 Å². The van der Waals surface area contributed by atoms with Gasteiger partial charge in [-0.1, -0.05) is 11.6 Å². The molecule has 2 aromatic rings. The summed E-state index contributed by atoms with van der Waals surface area (Å²) in [6.07, 6.45) is 0. The average molecular weight is 376 g/mol. The molecule has 0 saturated heterocycles. The summed E-state index contributed by atoms with van der Waals surface area (Å²) < 4.78 is 10.5. The van der Waals surface area contributed by atoms with Crippen LogP contribution in [0.25, 0.3) is 0 Å². The Morgan fingerprint density at radius 2 is 1.77 bits per heavy atom. The second kappa shape index (κ2) is 7.53. The van der Waals surface area contributed by atoms with Crippen LogP contribution in [-0.4, -0.2) is 24.6 Å². The molecular formula is C18H18ClN3O4. The summed E-state index contributed by atoms with van der Waals surface area (Å²) in [5.41, 5.74) is 1.80. The van der Waals surface area contributed by atoms with Crippen LogP contribution < -0.4 is 25.4 Å². The fourth-order valence-electron chi connectivity index (χ4n) is 2.44. The molecule has 26 heavy (non-hydrogen) atoms. The number of benzene rings is 2. The molecule has 2 aromatic carbocycles. The summed E-state index contributed by atoms with van der Waals surface area (Å²) in [4.78, 5) is 23.5. The highest BCUT2D eigenvalue weighted by atomic mass is 35.5. The predicted octanol–water partition coefficient (Wildman–Crippen LogP) is 3.47.